The van der Waals surface area contributed by atoms with E-state index < -0.39 is 27.8 Å². The van der Waals surface area contributed by atoms with Crippen LogP contribution in [-0.2, 0) is 10.0 Å². The zero-order valence-corrected chi connectivity index (χ0v) is 19.3. The lowest BCUT2D eigenvalue weighted by molar-refractivity contribution is 0.0925. The Morgan fingerprint density at radius 2 is 1.76 bits per heavy atom. The maximum atomic E-state index is 13.7. The number of nitrogens with one attached hydrogen (secondary N) is 2. The van der Waals surface area contributed by atoms with Crippen molar-refractivity contribution in [2.24, 2.45) is 0 Å². The van der Waals surface area contributed by atoms with Crippen LogP contribution >= 0.6 is 0 Å². The van der Waals surface area contributed by atoms with Crippen LogP contribution in [0.15, 0.2) is 71.6 Å². The van der Waals surface area contributed by atoms with Gasteiger partial charge in [-0.1, -0.05) is 18.2 Å². The van der Waals surface area contributed by atoms with Crippen molar-refractivity contribution in [3.8, 4) is 11.5 Å². The summed E-state index contributed by atoms with van der Waals surface area (Å²) in [5, 5.41) is 2.75. The van der Waals surface area contributed by atoms with Crippen LogP contribution in [0, 0.1) is 12.7 Å². The number of halogens is 1. The van der Waals surface area contributed by atoms with Crippen molar-refractivity contribution in [3.05, 3.63) is 83.7 Å². The number of sulfonamides is 1. The van der Waals surface area contributed by atoms with Crippen molar-refractivity contribution < 1.29 is 27.1 Å². The molecule has 33 heavy (non-hydrogen) atoms. The van der Waals surface area contributed by atoms with Crippen LogP contribution in [0.5, 0.6) is 11.5 Å². The van der Waals surface area contributed by atoms with E-state index in [2.05, 4.69) is 10.0 Å². The third kappa shape index (κ3) is 6.23. The highest BCUT2D eigenvalue weighted by molar-refractivity contribution is 7.92. The van der Waals surface area contributed by atoms with Crippen LogP contribution in [0.2, 0.25) is 0 Å². The van der Waals surface area contributed by atoms with Crippen molar-refractivity contribution in [3.63, 3.8) is 0 Å². The van der Waals surface area contributed by atoms with Gasteiger partial charge < -0.3 is 14.8 Å². The summed E-state index contributed by atoms with van der Waals surface area (Å²) in [6.45, 7) is 3.46. The molecule has 0 fully saturated rings. The Hall–Kier alpha value is -3.59. The van der Waals surface area contributed by atoms with Gasteiger partial charge in [0.05, 0.1) is 18.0 Å². The highest BCUT2D eigenvalue weighted by Gasteiger charge is 2.19. The fourth-order valence-corrected chi connectivity index (χ4v) is 4.09. The first-order valence-corrected chi connectivity index (χ1v) is 11.6. The SMILES string of the molecule is COc1ccc(NS(=O)(=O)c2ccc(C)c(C(=O)NC(C)COc3ccccc3F)c2)cc1. The maximum absolute atomic E-state index is 13.7. The number of rotatable bonds is 9. The number of carbonyl (C=O) groups is 1. The van der Waals surface area contributed by atoms with Gasteiger partial charge in [0.2, 0.25) is 0 Å². The van der Waals surface area contributed by atoms with E-state index in [0.29, 0.717) is 17.0 Å². The molecule has 0 aliphatic rings. The summed E-state index contributed by atoms with van der Waals surface area (Å²) < 4.78 is 52.3. The van der Waals surface area contributed by atoms with E-state index in [-0.39, 0.29) is 22.8 Å². The number of benzene rings is 3. The molecule has 1 amide bonds. The van der Waals surface area contributed by atoms with Gasteiger partial charge in [-0.05, 0) is 67.9 Å². The van der Waals surface area contributed by atoms with Gasteiger partial charge in [-0.15, -0.1) is 0 Å². The fourth-order valence-electron chi connectivity index (χ4n) is 3.01. The van der Waals surface area contributed by atoms with Crippen LogP contribution in [0.3, 0.4) is 0 Å². The monoisotopic (exact) mass is 472 g/mol. The summed E-state index contributed by atoms with van der Waals surface area (Å²) in [4.78, 5) is 12.7. The molecule has 3 aromatic carbocycles. The molecular weight excluding hydrogens is 447 g/mol. The number of amides is 1. The molecule has 0 heterocycles. The topological polar surface area (TPSA) is 93.7 Å². The Kier molecular flexibility index (Phi) is 7.55. The average Bonchev–Trinajstić information content (AvgIpc) is 2.79. The first-order valence-electron chi connectivity index (χ1n) is 10.2. The van der Waals surface area contributed by atoms with Gasteiger partial charge in [-0.2, -0.15) is 0 Å². The molecule has 0 spiro atoms. The van der Waals surface area contributed by atoms with Crippen LogP contribution in [-0.4, -0.2) is 34.1 Å². The average molecular weight is 473 g/mol. The summed E-state index contributed by atoms with van der Waals surface area (Å²) in [5.41, 5.74) is 1.18. The lowest BCUT2D eigenvalue weighted by Gasteiger charge is -2.17. The molecule has 9 heteroatoms. The fraction of sp³-hybridized carbons (Fsp3) is 0.208. The summed E-state index contributed by atoms with van der Waals surface area (Å²) in [7, 11) is -2.40. The molecule has 174 valence electrons. The van der Waals surface area contributed by atoms with E-state index >= 15 is 0 Å². The second kappa shape index (κ2) is 10.4. The smallest absolute Gasteiger partial charge is 0.261 e. The third-order valence-corrected chi connectivity index (χ3v) is 6.19. The first-order chi connectivity index (χ1) is 15.7. The minimum absolute atomic E-state index is 0.0444. The minimum Gasteiger partial charge on any atom is -0.497 e. The van der Waals surface area contributed by atoms with Gasteiger partial charge in [0, 0.05) is 11.3 Å². The van der Waals surface area contributed by atoms with Gasteiger partial charge in [-0.3, -0.25) is 9.52 Å². The second-order valence-corrected chi connectivity index (χ2v) is 9.11. The van der Waals surface area contributed by atoms with Gasteiger partial charge in [0.25, 0.3) is 15.9 Å². The van der Waals surface area contributed by atoms with Crippen molar-refractivity contribution in [2.45, 2.75) is 24.8 Å². The van der Waals surface area contributed by atoms with E-state index in [1.54, 1.807) is 56.3 Å². The number of ether oxygens (including phenoxy) is 2. The van der Waals surface area contributed by atoms with Crippen LogP contribution in [0.1, 0.15) is 22.8 Å². The number of hydrogen-bond acceptors (Lipinski definition) is 5. The molecule has 7 nitrogen and oxygen atoms in total. The van der Waals surface area contributed by atoms with E-state index in [9.17, 15) is 17.6 Å². The number of methoxy groups -OCH3 is 1. The molecule has 3 aromatic rings. The molecular formula is C24H25FN2O5S. The lowest BCUT2D eigenvalue weighted by Crippen LogP contribution is -2.37. The molecule has 0 saturated heterocycles. The molecule has 1 unspecified atom stereocenters. The molecule has 0 aromatic heterocycles. The summed E-state index contributed by atoms with van der Waals surface area (Å²) in [5.74, 6) is -0.263. The van der Waals surface area contributed by atoms with Crippen LogP contribution < -0.4 is 19.5 Å². The number of carbonyl (C=O) groups excluding carboxylic acids is 1. The van der Waals surface area contributed by atoms with E-state index in [0.717, 1.165) is 0 Å². The predicted molar refractivity (Wildman–Crippen MR) is 124 cm³/mol. The van der Waals surface area contributed by atoms with E-state index in [4.69, 9.17) is 9.47 Å². The number of aryl methyl sites for hydroxylation is 1. The van der Waals surface area contributed by atoms with E-state index in [1.807, 2.05) is 0 Å². The molecule has 1 atom stereocenters. The van der Waals surface area contributed by atoms with Gasteiger partial charge in [-0.25, -0.2) is 12.8 Å². The summed E-state index contributed by atoms with van der Waals surface area (Å²) in [6, 6.07) is 16.3. The van der Waals surface area contributed by atoms with Gasteiger partial charge in [0.1, 0.15) is 12.4 Å². The Bertz CT molecular complexity index is 1230. The molecule has 0 saturated carbocycles. The maximum Gasteiger partial charge on any atom is 0.261 e. The van der Waals surface area contributed by atoms with Crippen molar-refractivity contribution >= 4 is 21.6 Å². The highest BCUT2D eigenvalue weighted by Crippen LogP contribution is 2.21. The van der Waals surface area contributed by atoms with Gasteiger partial charge in [0.15, 0.2) is 11.6 Å². The zero-order chi connectivity index (χ0) is 24.0. The molecule has 2 N–H and O–H groups in total. The Balaban J connectivity index is 1.70. The normalized spacial score (nSPS) is 12.0. The Morgan fingerprint density at radius 1 is 1.06 bits per heavy atom. The van der Waals surface area contributed by atoms with Crippen molar-refractivity contribution in [2.75, 3.05) is 18.4 Å². The number of anilines is 1. The lowest BCUT2D eigenvalue weighted by atomic mass is 10.1. The summed E-state index contributed by atoms with van der Waals surface area (Å²) >= 11 is 0. The van der Waals surface area contributed by atoms with Gasteiger partial charge >= 0.3 is 0 Å². The molecule has 0 aliphatic carbocycles. The molecule has 3 rings (SSSR count). The number of hydrogen-bond donors (Lipinski definition) is 2. The highest BCUT2D eigenvalue weighted by atomic mass is 32.2. The molecule has 0 radical (unpaired) electrons. The first kappa shape index (κ1) is 24.1. The molecule has 0 bridgehead atoms. The third-order valence-electron chi connectivity index (χ3n) is 4.81. The Labute approximate surface area is 192 Å². The largest absolute Gasteiger partial charge is 0.497 e. The molecule has 0 aliphatic heterocycles. The van der Waals surface area contributed by atoms with Crippen molar-refractivity contribution in [1.29, 1.82) is 0 Å². The standard InChI is InChI=1S/C24H25FN2O5S/c1-16-8-13-20(33(29,30)27-18-9-11-19(31-3)12-10-18)14-21(16)24(28)26-17(2)15-32-23-7-5-4-6-22(23)25/h4-14,17,27H,15H2,1-3H3,(H,26,28). The predicted octanol–water partition coefficient (Wildman–Crippen LogP) is 4.14. The van der Waals surface area contributed by atoms with Crippen molar-refractivity contribution in [1.82, 2.24) is 5.32 Å². The van der Waals surface area contributed by atoms with Crippen LogP contribution in [0.4, 0.5) is 10.1 Å². The quantitative estimate of drug-likeness (QED) is 0.488. The number of para-hydroxylation sites is 1. The van der Waals surface area contributed by atoms with Crippen LogP contribution in [0.25, 0.3) is 0 Å². The Morgan fingerprint density at radius 3 is 2.42 bits per heavy atom. The summed E-state index contributed by atoms with van der Waals surface area (Å²) in [6.07, 6.45) is 0. The second-order valence-electron chi connectivity index (χ2n) is 7.43. The minimum atomic E-state index is -3.92. The van der Waals surface area contributed by atoms with E-state index in [1.165, 1.54) is 31.4 Å². The zero-order valence-electron chi connectivity index (χ0n) is 18.5.